The van der Waals surface area contributed by atoms with Crippen molar-refractivity contribution in [1.82, 2.24) is 0 Å². The molecule has 0 aliphatic heterocycles. The number of hydrogen-bond donors (Lipinski definition) is 2. The smallest absolute Gasteiger partial charge is 0.332 e. The van der Waals surface area contributed by atoms with Crippen LogP contribution in [0.4, 0.5) is 0 Å². The Morgan fingerprint density at radius 1 is 1.78 bits per heavy atom. The molecule has 3 N–H and O–H groups in total. The summed E-state index contributed by atoms with van der Waals surface area (Å²) in [4.78, 5) is 19.6. The monoisotopic (exact) mass is 132 g/mol. The number of rotatable bonds is 4. The van der Waals surface area contributed by atoms with Crippen LogP contribution in [0, 0.1) is 4.91 Å². The molecule has 0 amide bonds. The average Bonchev–Trinajstić information content (AvgIpc) is 1.82. The number of carboxylic acids is 1. The minimum atomic E-state index is -1.21. The molecule has 0 aliphatic carbocycles. The average molecular weight is 132 g/mol. The van der Waals surface area contributed by atoms with Crippen molar-refractivity contribution in [1.29, 1.82) is 0 Å². The molecule has 0 bridgehead atoms. The van der Waals surface area contributed by atoms with Gasteiger partial charge in [-0.05, 0) is 13.0 Å². The maximum atomic E-state index is 9.97. The zero-order chi connectivity index (χ0) is 7.28. The van der Waals surface area contributed by atoms with Crippen LogP contribution < -0.4 is 5.73 Å². The zero-order valence-corrected chi connectivity index (χ0v) is 4.78. The lowest BCUT2D eigenvalue weighted by atomic mass is 10.2. The summed E-state index contributed by atoms with van der Waals surface area (Å²) < 4.78 is 0. The van der Waals surface area contributed by atoms with Crippen molar-refractivity contribution in [2.75, 3.05) is 6.54 Å². The zero-order valence-electron chi connectivity index (χ0n) is 4.78. The van der Waals surface area contributed by atoms with Crippen molar-refractivity contribution in [3.63, 3.8) is 0 Å². The van der Waals surface area contributed by atoms with Gasteiger partial charge in [0.1, 0.15) is 0 Å². The fraction of sp³-hybridized carbons (Fsp3) is 0.750. The van der Waals surface area contributed by atoms with Crippen LogP contribution in [0.25, 0.3) is 0 Å². The molecule has 1 atom stereocenters. The van der Waals surface area contributed by atoms with Crippen LogP contribution in [0.15, 0.2) is 5.18 Å². The van der Waals surface area contributed by atoms with Gasteiger partial charge in [-0.15, -0.1) is 4.91 Å². The number of hydrogen-bond acceptors (Lipinski definition) is 4. The highest BCUT2D eigenvalue weighted by atomic mass is 16.4. The standard InChI is InChI=1S/C4H8N2O3/c5-2-1-3(6-9)4(7)8/h3H,1-2,5H2,(H,7,8). The van der Waals surface area contributed by atoms with E-state index in [4.69, 9.17) is 10.8 Å². The molecule has 0 spiro atoms. The molecule has 0 rings (SSSR count). The van der Waals surface area contributed by atoms with Crippen LogP contribution in [-0.2, 0) is 4.79 Å². The van der Waals surface area contributed by atoms with Gasteiger partial charge in [-0.2, -0.15) is 0 Å². The van der Waals surface area contributed by atoms with Crippen molar-refractivity contribution >= 4 is 5.97 Å². The Hall–Kier alpha value is -0.970. The topological polar surface area (TPSA) is 92.8 Å². The van der Waals surface area contributed by atoms with E-state index in [1.165, 1.54) is 0 Å². The lowest BCUT2D eigenvalue weighted by Crippen LogP contribution is -2.20. The summed E-state index contributed by atoms with van der Waals surface area (Å²) in [5.74, 6) is -1.21. The van der Waals surface area contributed by atoms with E-state index in [-0.39, 0.29) is 13.0 Å². The SMILES string of the molecule is NCCC(N=O)C(=O)O. The molecule has 0 radical (unpaired) electrons. The van der Waals surface area contributed by atoms with Crippen LogP contribution in [0.5, 0.6) is 0 Å². The number of nitroso groups, excluding NO2 is 1. The minimum Gasteiger partial charge on any atom is -0.480 e. The maximum absolute atomic E-state index is 9.97. The predicted molar refractivity (Wildman–Crippen MR) is 30.9 cm³/mol. The lowest BCUT2D eigenvalue weighted by Gasteiger charge is -1.97. The molecular formula is C4H8N2O3. The Morgan fingerprint density at radius 3 is 2.44 bits per heavy atom. The van der Waals surface area contributed by atoms with E-state index < -0.39 is 12.0 Å². The molecule has 0 saturated heterocycles. The second-order valence-corrected chi connectivity index (χ2v) is 1.54. The van der Waals surface area contributed by atoms with Crippen molar-refractivity contribution in [2.45, 2.75) is 12.5 Å². The van der Waals surface area contributed by atoms with E-state index in [9.17, 15) is 9.70 Å². The molecule has 0 fully saturated rings. The molecule has 0 heterocycles. The van der Waals surface area contributed by atoms with Crippen molar-refractivity contribution in [3.05, 3.63) is 4.91 Å². The largest absolute Gasteiger partial charge is 0.480 e. The molecule has 52 valence electrons. The summed E-state index contributed by atoms with van der Waals surface area (Å²) in [5, 5.41) is 10.5. The van der Waals surface area contributed by atoms with Gasteiger partial charge >= 0.3 is 5.97 Å². The molecule has 0 aromatic carbocycles. The van der Waals surface area contributed by atoms with Gasteiger partial charge < -0.3 is 10.8 Å². The fourth-order valence-corrected chi connectivity index (χ4v) is 0.379. The van der Waals surface area contributed by atoms with Gasteiger partial charge in [0.05, 0.1) is 0 Å². The highest BCUT2D eigenvalue weighted by Crippen LogP contribution is 1.94. The van der Waals surface area contributed by atoms with Crippen LogP contribution in [0.1, 0.15) is 6.42 Å². The predicted octanol–water partition coefficient (Wildman–Crippen LogP) is -0.445. The lowest BCUT2D eigenvalue weighted by molar-refractivity contribution is -0.138. The first kappa shape index (κ1) is 8.03. The normalized spacial score (nSPS) is 12.6. The summed E-state index contributed by atoms with van der Waals surface area (Å²) in [6.45, 7) is 0.169. The third-order valence-corrected chi connectivity index (χ3v) is 0.852. The van der Waals surface area contributed by atoms with E-state index >= 15 is 0 Å². The Labute approximate surface area is 51.8 Å². The van der Waals surface area contributed by atoms with Crippen molar-refractivity contribution in [2.24, 2.45) is 10.9 Å². The molecule has 9 heavy (non-hydrogen) atoms. The first-order valence-corrected chi connectivity index (χ1v) is 2.47. The summed E-state index contributed by atoms with van der Waals surface area (Å²) in [6.07, 6.45) is 0.110. The number of carboxylic acid groups (broad SMARTS) is 1. The van der Waals surface area contributed by atoms with Crippen molar-refractivity contribution < 1.29 is 9.90 Å². The Balaban J connectivity index is 3.68. The first-order valence-electron chi connectivity index (χ1n) is 2.47. The van der Waals surface area contributed by atoms with Crippen LogP contribution in [-0.4, -0.2) is 23.7 Å². The summed E-state index contributed by atoms with van der Waals surface area (Å²) in [7, 11) is 0. The Kier molecular flexibility index (Phi) is 3.54. The van der Waals surface area contributed by atoms with Gasteiger partial charge in [-0.25, -0.2) is 4.79 Å². The fourth-order valence-electron chi connectivity index (χ4n) is 0.379. The molecule has 1 unspecified atom stereocenters. The summed E-state index contributed by atoms with van der Waals surface area (Å²) in [5.41, 5.74) is 4.98. The van der Waals surface area contributed by atoms with E-state index in [1.54, 1.807) is 0 Å². The molecule has 0 aliphatic rings. The minimum absolute atomic E-state index is 0.110. The van der Waals surface area contributed by atoms with Gasteiger partial charge in [0.2, 0.25) is 0 Å². The van der Waals surface area contributed by atoms with Gasteiger partial charge in [-0.3, -0.25) is 0 Å². The van der Waals surface area contributed by atoms with E-state index in [2.05, 4.69) is 5.18 Å². The van der Waals surface area contributed by atoms with Gasteiger partial charge in [-0.1, -0.05) is 5.18 Å². The molecule has 0 saturated carbocycles. The second-order valence-electron chi connectivity index (χ2n) is 1.54. The van der Waals surface area contributed by atoms with E-state index in [1.807, 2.05) is 0 Å². The van der Waals surface area contributed by atoms with Gasteiger partial charge in [0.15, 0.2) is 6.04 Å². The number of aliphatic carboxylic acids is 1. The maximum Gasteiger partial charge on any atom is 0.332 e. The van der Waals surface area contributed by atoms with Gasteiger partial charge in [0.25, 0.3) is 0 Å². The molecular weight excluding hydrogens is 124 g/mol. The molecule has 0 aromatic heterocycles. The third kappa shape index (κ3) is 2.76. The van der Waals surface area contributed by atoms with Crippen molar-refractivity contribution in [3.8, 4) is 0 Å². The second kappa shape index (κ2) is 3.96. The number of carbonyl (C=O) groups is 1. The highest BCUT2D eigenvalue weighted by Gasteiger charge is 2.15. The summed E-state index contributed by atoms with van der Waals surface area (Å²) in [6, 6.07) is -1.17. The Bertz CT molecular complexity index is 114. The third-order valence-electron chi connectivity index (χ3n) is 0.852. The Morgan fingerprint density at radius 2 is 2.33 bits per heavy atom. The highest BCUT2D eigenvalue weighted by molar-refractivity contribution is 5.73. The van der Waals surface area contributed by atoms with Gasteiger partial charge in [0, 0.05) is 0 Å². The number of nitrogens with two attached hydrogens (primary N) is 1. The van der Waals surface area contributed by atoms with Crippen LogP contribution in [0.3, 0.4) is 0 Å². The van der Waals surface area contributed by atoms with Crippen LogP contribution >= 0.6 is 0 Å². The molecule has 0 aromatic rings. The molecule has 5 heteroatoms. The molecule has 5 nitrogen and oxygen atoms in total. The summed E-state index contributed by atoms with van der Waals surface area (Å²) >= 11 is 0. The van der Waals surface area contributed by atoms with E-state index in [0.29, 0.717) is 0 Å². The van der Waals surface area contributed by atoms with Crippen LogP contribution in [0.2, 0.25) is 0 Å². The van der Waals surface area contributed by atoms with E-state index in [0.717, 1.165) is 0 Å². The number of nitrogens with zero attached hydrogens (tertiary/aromatic N) is 1. The first-order chi connectivity index (χ1) is 4.22. The quantitative estimate of drug-likeness (QED) is 0.507.